The third kappa shape index (κ3) is 3.89. The third-order valence-electron chi connectivity index (χ3n) is 3.94. The van der Waals surface area contributed by atoms with Crippen molar-refractivity contribution in [1.29, 1.82) is 0 Å². The molecule has 5 nitrogen and oxygen atoms in total. The molecule has 4 rings (SSSR count). The highest BCUT2D eigenvalue weighted by molar-refractivity contribution is 7.98. The summed E-state index contributed by atoms with van der Waals surface area (Å²) in [5, 5.41) is 4.62. The molecule has 2 aromatic carbocycles. The van der Waals surface area contributed by atoms with Crippen molar-refractivity contribution in [1.82, 2.24) is 9.97 Å². The van der Waals surface area contributed by atoms with Gasteiger partial charge in [0.1, 0.15) is 4.88 Å². The molecule has 0 saturated heterocycles. The number of thiazole rings is 2. The predicted molar refractivity (Wildman–Crippen MR) is 118 cm³/mol. The van der Waals surface area contributed by atoms with Crippen LogP contribution >= 0.6 is 34.4 Å². The highest BCUT2D eigenvalue weighted by Gasteiger charge is 2.21. The summed E-state index contributed by atoms with van der Waals surface area (Å²) in [6.07, 6.45) is 2.05. The van der Waals surface area contributed by atoms with Gasteiger partial charge in [-0.25, -0.2) is 14.8 Å². The Bertz CT molecular complexity index is 1120. The molecule has 0 aliphatic rings. The number of hydrogen-bond acceptors (Lipinski definition) is 8. The first-order valence-electron chi connectivity index (χ1n) is 8.63. The Morgan fingerprint density at radius 3 is 2.64 bits per heavy atom. The minimum atomic E-state index is -0.360. The van der Waals surface area contributed by atoms with Crippen molar-refractivity contribution in [3.8, 4) is 11.3 Å². The lowest BCUT2D eigenvalue weighted by molar-refractivity contribution is 0.0532. The quantitative estimate of drug-likeness (QED) is 0.298. The number of carbonyl (C=O) groups is 1. The molecule has 2 aromatic heterocycles. The van der Waals surface area contributed by atoms with Gasteiger partial charge in [-0.3, -0.25) is 0 Å². The van der Waals surface area contributed by atoms with Gasteiger partial charge in [-0.05, 0) is 31.4 Å². The first-order valence-corrected chi connectivity index (χ1v) is 11.5. The van der Waals surface area contributed by atoms with Crippen molar-refractivity contribution in [3.63, 3.8) is 0 Å². The first kappa shape index (κ1) is 18.9. The molecule has 0 aliphatic carbocycles. The number of benzene rings is 2. The van der Waals surface area contributed by atoms with Crippen LogP contribution in [0.25, 0.3) is 21.5 Å². The van der Waals surface area contributed by atoms with Crippen LogP contribution in [-0.4, -0.2) is 28.8 Å². The van der Waals surface area contributed by atoms with Gasteiger partial charge < -0.3 is 10.1 Å². The Labute approximate surface area is 174 Å². The number of rotatable bonds is 6. The molecule has 28 heavy (non-hydrogen) atoms. The number of thioether (sulfide) groups is 1. The predicted octanol–water partition coefficient (Wildman–Crippen LogP) is 6.06. The summed E-state index contributed by atoms with van der Waals surface area (Å²) in [6, 6.07) is 15.9. The molecule has 0 aliphatic heterocycles. The smallest absolute Gasteiger partial charge is 0.350 e. The van der Waals surface area contributed by atoms with Gasteiger partial charge in [0.2, 0.25) is 0 Å². The summed E-state index contributed by atoms with van der Waals surface area (Å²) >= 11 is 4.55. The van der Waals surface area contributed by atoms with Crippen LogP contribution in [0.4, 0.5) is 10.3 Å². The van der Waals surface area contributed by atoms with Gasteiger partial charge in [0, 0.05) is 10.5 Å². The molecule has 0 unspecified atom stereocenters. The number of ether oxygens (including phenoxy) is 1. The zero-order chi connectivity index (χ0) is 19.5. The van der Waals surface area contributed by atoms with Gasteiger partial charge in [-0.1, -0.05) is 53.0 Å². The minimum Gasteiger partial charge on any atom is -0.462 e. The molecular weight excluding hydrogens is 410 g/mol. The van der Waals surface area contributed by atoms with E-state index in [1.807, 2.05) is 36.4 Å². The van der Waals surface area contributed by atoms with Gasteiger partial charge in [0.05, 0.1) is 22.5 Å². The molecule has 0 amide bonds. The maximum absolute atomic E-state index is 12.4. The molecule has 0 radical (unpaired) electrons. The third-order valence-corrected chi connectivity index (χ3v) is 6.55. The molecule has 8 heteroatoms. The van der Waals surface area contributed by atoms with E-state index in [1.54, 1.807) is 30.0 Å². The highest BCUT2D eigenvalue weighted by Crippen LogP contribution is 2.36. The Morgan fingerprint density at radius 1 is 1.11 bits per heavy atom. The van der Waals surface area contributed by atoms with Crippen molar-refractivity contribution < 1.29 is 9.53 Å². The summed E-state index contributed by atoms with van der Waals surface area (Å²) in [5.74, 6) is -0.360. The van der Waals surface area contributed by atoms with Crippen LogP contribution in [0.15, 0.2) is 53.4 Å². The molecule has 4 aromatic rings. The minimum absolute atomic E-state index is 0.323. The summed E-state index contributed by atoms with van der Waals surface area (Å²) in [5.41, 5.74) is 2.44. The fraction of sp³-hybridized carbons (Fsp3) is 0.150. The number of esters is 1. The monoisotopic (exact) mass is 427 g/mol. The van der Waals surface area contributed by atoms with Crippen molar-refractivity contribution >= 4 is 60.9 Å². The molecule has 142 valence electrons. The summed E-state index contributed by atoms with van der Waals surface area (Å²) in [7, 11) is 0. The van der Waals surface area contributed by atoms with E-state index in [2.05, 4.69) is 33.7 Å². The van der Waals surface area contributed by atoms with Crippen LogP contribution in [0.5, 0.6) is 0 Å². The highest BCUT2D eigenvalue weighted by atomic mass is 32.2. The van der Waals surface area contributed by atoms with Crippen LogP contribution in [-0.2, 0) is 4.74 Å². The van der Waals surface area contributed by atoms with Crippen LogP contribution in [0.2, 0.25) is 0 Å². The molecule has 1 N–H and O–H groups in total. The molecule has 0 fully saturated rings. The Balaban J connectivity index is 1.69. The van der Waals surface area contributed by atoms with E-state index in [1.165, 1.54) is 16.2 Å². The van der Waals surface area contributed by atoms with Gasteiger partial charge in [0.15, 0.2) is 10.3 Å². The van der Waals surface area contributed by atoms with Crippen LogP contribution in [0, 0.1) is 0 Å². The maximum atomic E-state index is 12.4. The number of hydrogen-bond donors (Lipinski definition) is 1. The number of nitrogens with zero attached hydrogens (tertiary/aromatic N) is 2. The summed E-state index contributed by atoms with van der Waals surface area (Å²) in [4.78, 5) is 23.4. The molecule has 0 bridgehead atoms. The van der Waals surface area contributed by atoms with E-state index in [0.29, 0.717) is 22.3 Å². The zero-order valence-electron chi connectivity index (χ0n) is 15.3. The Morgan fingerprint density at radius 2 is 1.89 bits per heavy atom. The van der Waals surface area contributed by atoms with Crippen LogP contribution < -0.4 is 5.32 Å². The van der Waals surface area contributed by atoms with E-state index < -0.39 is 0 Å². The lowest BCUT2D eigenvalue weighted by Crippen LogP contribution is -2.03. The second-order valence-corrected chi connectivity index (χ2v) is 8.67. The van der Waals surface area contributed by atoms with E-state index in [4.69, 9.17) is 4.74 Å². The van der Waals surface area contributed by atoms with E-state index in [9.17, 15) is 4.79 Å². The Kier molecular flexibility index (Phi) is 5.61. The fourth-order valence-corrected chi connectivity index (χ4v) is 5.04. The average Bonchev–Trinajstić information content (AvgIpc) is 3.32. The standard InChI is InChI=1S/C20H17N3O2S3/c1-3-25-18(24)17-16(12-7-5-4-6-8-12)22-20(28-17)23-19-21-14-10-9-13(26-2)11-15(14)27-19/h4-11H,3H2,1-2H3,(H,21,22,23). The first-order chi connectivity index (χ1) is 13.7. The average molecular weight is 428 g/mol. The number of anilines is 2. The fourth-order valence-electron chi connectivity index (χ4n) is 2.68. The Hall–Kier alpha value is -2.42. The normalized spacial score (nSPS) is 10.9. The van der Waals surface area contributed by atoms with E-state index >= 15 is 0 Å². The van der Waals surface area contributed by atoms with Crippen molar-refractivity contribution in [2.45, 2.75) is 11.8 Å². The molecule has 2 heterocycles. The number of aromatic nitrogens is 2. The van der Waals surface area contributed by atoms with Crippen molar-refractivity contribution in [3.05, 3.63) is 53.4 Å². The largest absolute Gasteiger partial charge is 0.462 e. The van der Waals surface area contributed by atoms with Gasteiger partial charge in [0.25, 0.3) is 0 Å². The van der Waals surface area contributed by atoms with Gasteiger partial charge in [-0.2, -0.15) is 0 Å². The van der Waals surface area contributed by atoms with E-state index in [-0.39, 0.29) is 5.97 Å². The molecule has 0 saturated carbocycles. The van der Waals surface area contributed by atoms with Gasteiger partial charge in [-0.15, -0.1) is 11.8 Å². The van der Waals surface area contributed by atoms with Gasteiger partial charge >= 0.3 is 5.97 Å². The van der Waals surface area contributed by atoms with Crippen molar-refractivity contribution in [2.24, 2.45) is 0 Å². The van der Waals surface area contributed by atoms with Crippen molar-refractivity contribution in [2.75, 3.05) is 18.2 Å². The van der Waals surface area contributed by atoms with Crippen LogP contribution in [0.3, 0.4) is 0 Å². The second-order valence-electron chi connectivity index (χ2n) is 5.76. The van der Waals surface area contributed by atoms with E-state index in [0.717, 1.165) is 20.9 Å². The lowest BCUT2D eigenvalue weighted by Gasteiger charge is -2.01. The molecule has 0 spiro atoms. The molecular formula is C20H17N3O2S3. The second kappa shape index (κ2) is 8.30. The topological polar surface area (TPSA) is 64.1 Å². The number of carbonyl (C=O) groups excluding carboxylic acids is 1. The number of fused-ring (bicyclic) bond motifs is 1. The molecule has 0 atom stereocenters. The maximum Gasteiger partial charge on any atom is 0.350 e. The lowest BCUT2D eigenvalue weighted by atomic mass is 10.1. The summed E-state index contributed by atoms with van der Waals surface area (Å²) in [6.45, 7) is 2.12. The zero-order valence-corrected chi connectivity index (χ0v) is 17.7. The summed E-state index contributed by atoms with van der Waals surface area (Å²) < 4.78 is 6.33. The van der Waals surface area contributed by atoms with Crippen LogP contribution in [0.1, 0.15) is 16.6 Å². The SMILES string of the molecule is CCOC(=O)c1sc(Nc2nc3ccc(SC)cc3s2)nc1-c1ccccc1. The number of nitrogens with one attached hydrogen (secondary N) is 1.